The van der Waals surface area contributed by atoms with Crippen molar-refractivity contribution >= 4 is 93.0 Å². The third-order valence-electron chi connectivity index (χ3n) is 10.5. The van der Waals surface area contributed by atoms with E-state index in [9.17, 15) is 42.7 Å². The molecule has 4 aromatic rings. The first-order chi connectivity index (χ1) is 39.2. The first-order valence-corrected chi connectivity index (χ1v) is 29.4. The zero-order valence-corrected chi connectivity index (χ0v) is 51.8. The number of hydrogen-bond acceptors (Lipinski definition) is 26. The van der Waals surface area contributed by atoms with Gasteiger partial charge >= 0.3 is 44.7 Å². The summed E-state index contributed by atoms with van der Waals surface area (Å²) in [6.45, 7) is 15.9. The Bertz CT molecular complexity index is 2810. The molecule has 6 rings (SSSR count). The second-order valence-electron chi connectivity index (χ2n) is 16.6. The molecule has 2 aliphatic rings. The maximum absolute atomic E-state index is 13.3. The van der Waals surface area contributed by atoms with Crippen LogP contribution in [0.15, 0.2) is 61.2 Å². The van der Waals surface area contributed by atoms with E-state index in [1.54, 1.807) is 64.1 Å². The van der Waals surface area contributed by atoms with Gasteiger partial charge in [0.05, 0.1) is 66.0 Å². The maximum Gasteiger partial charge on any atom is 1.00 e. The second kappa shape index (κ2) is 40.2. The molecular weight excluding hydrogens is 1130 g/mol. The van der Waals surface area contributed by atoms with Gasteiger partial charge in [0.2, 0.25) is 0 Å². The average Bonchev–Trinajstić information content (AvgIpc) is 2.29. The van der Waals surface area contributed by atoms with Gasteiger partial charge in [-0.15, -0.1) is 0 Å². The van der Waals surface area contributed by atoms with Gasteiger partial charge < -0.3 is 81.1 Å². The van der Waals surface area contributed by atoms with E-state index in [0.29, 0.717) is 167 Å². The van der Waals surface area contributed by atoms with Gasteiger partial charge in [0.15, 0.2) is 23.1 Å². The van der Waals surface area contributed by atoms with Crippen LogP contribution in [0.5, 0.6) is 0 Å². The molecule has 27 nitrogen and oxygen atoms in total. The number of nitrogens with two attached hydrogens (primary N) is 3. The summed E-state index contributed by atoms with van der Waals surface area (Å²) >= 11 is 0. The molecule has 2 radical (unpaired) electrons. The second-order valence-corrected chi connectivity index (χ2v) is 20.9. The molecule has 83 heavy (non-hydrogen) atoms. The van der Waals surface area contributed by atoms with E-state index in [1.807, 2.05) is 0 Å². The molecule has 2 aliphatic carbocycles. The normalized spacial score (nSPS) is 11.6. The summed E-state index contributed by atoms with van der Waals surface area (Å²) < 4.78 is 52.3. The Labute approximate surface area is 505 Å². The Hall–Kier alpha value is -6.10. The van der Waals surface area contributed by atoms with Crippen LogP contribution in [0.4, 0.5) is 22.7 Å². The van der Waals surface area contributed by atoms with Crippen LogP contribution in [-0.4, -0.2) is 168 Å². The molecule has 0 aliphatic heterocycles. The monoisotopic (exact) mass is 1210 g/mol. The van der Waals surface area contributed by atoms with Crippen LogP contribution in [0.2, 0.25) is 0 Å². The van der Waals surface area contributed by atoms with Crippen LogP contribution in [0.3, 0.4) is 0 Å². The summed E-state index contributed by atoms with van der Waals surface area (Å²) in [7, 11) is -5.48. The number of aliphatic carboxylic acids is 1. The molecule has 0 atom stereocenters. The summed E-state index contributed by atoms with van der Waals surface area (Å²) in [5.41, 5.74) is 21.7. The smallest absolute Gasteiger partial charge is 0.702 e. The van der Waals surface area contributed by atoms with Crippen LogP contribution >= 0.6 is 15.2 Å². The fourth-order valence-electron chi connectivity index (χ4n) is 7.42. The van der Waals surface area contributed by atoms with E-state index < -0.39 is 33.1 Å². The summed E-state index contributed by atoms with van der Waals surface area (Å²) in [5.74, 6) is -2.76. The van der Waals surface area contributed by atoms with Gasteiger partial charge in [0.25, 0.3) is 17.9 Å². The fourth-order valence-corrected chi connectivity index (χ4v) is 10.2. The fraction of sp³-hybridized carbons (Fsp3) is 0.423. The number of pyridine rings is 2. The van der Waals surface area contributed by atoms with Crippen LogP contribution in [-0.2, 0) is 55.7 Å². The van der Waals surface area contributed by atoms with Gasteiger partial charge in [-0.3, -0.25) is 52.7 Å². The molecule has 2 aromatic heterocycles. The number of hydrogen-bond donors (Lipinski definition) is 9. The van der Waals surface area contributed by atoms with E-state index in [2.05, 4.69) is 45.9 Å². The number of aldehydes is 1. The number of aromatic nitrogens is 2. The van der Waals surface area contributed by atoms with Crippen molar-refractivity contribution in [1.82, 2.24) is 15.3 Å². The molecular formula is C52H74BN10NaO17P2. The minimum atomic E-state index is -3.09. The topological polar surface area (TPSA) is 410 Å². The van der Waals surface area contributed by atoms with E-state index in [0.717, 1.165) is 6.92 Å². The molecule has 0 saturated carbocycles. The van der Waals surface area contributed by atoms with E-state index in [-0.39, 0.29) is 65.0 Å². The molecule has 0 spiro atoms. The van der Waals surface area contributed by atoms with Crippen LogP contribution in [0.1, 0.15) is 112 Å². The summed E-state index contributed by atoms with van der Waals surface area (Å²) in [5, 5.41) is 23.2. The zero-order chi connectivity index (χ0) is 61.3. The quantitative estimate of drug-likeness (QED) is 0.0145. The van der Waals surface area contributed by atoms with Crippen molar-refractivity contribution in [2.24, 2.45) is 17.2 Å². The number of benzene rings is 2. The van der Waals surface area contributed by atoms with E-state index in [4.69, 9.17) is 45.2 Å². The van der Waals surface area contributed by atoms with Crippen molar-refractivity contribution in [3.05, 3.63) is 106 Å². The molecule has 0 unspecified atom stereocenters. The van der Waals surface area contributed by atoms with Gasteiger partial charge in [-0.2, -0.15) is 0 Å². The maximum atomic E-state index is 13.3. The molecule has 12 N–H and O–H groups in total. The average molecular weight is 1210 g/mol. The Morgan fingerprint density at radius 3 is 1.18 bits per heavy atom. The first-order valence-electron chi connectivity index (χ1n) is 25.9. The third-order valence-corrected chi connectivity index (χ3v) is 14.5. The van der Waals surface area contributed by atoms with Gasteiger partial charge in [-0.25, -0.2) is 0 Å². The van der Waals surface area contributed by atoms with Gasteiger partial charge in [0, 0.05) is 138 Å². The SMILES string of the molecule is CC(=O)O.CC(=O)O[B-]OC(C)=O.CCOP(=O)(CC=O)OCC.CCOP(=O)(CCNCCNc1ccc(NCCN)c2c1C(=O)c1cnccc1C2=O)OCC.NCCNc1ccc(NCCN)c2c1C(=O)c1ccncc1C2=O.[Na+]. The number of fused-ring (bicyclic) bond motifs is 4. The molecule has 448 valence electrons. The Kier molecular flexibility index (Phi) is 36.3. The summed E-state index contributed by atoms with van der Waals surface area (Å²) in [6, 6.07) is 10.3. The molecule has 31 heteroatoms. The number of ketones is 4. The number of carboxylic acids is 1. The third kappa shape index (κ3) is 24.6. The largest absolute Gasteiger partial charge is 1.00 e. The van der Waals surface area contributed by atoms with Crippen molar-refractivity contribution < 1.29 is 110 Å². The predicted molar refractivity (Wildman–Crippen MR) is 309 cm³/mol. The van der Waals surface area contributed by atoms with Gasteiger partial charge in [-0.1, -0.05) is 0 Å². The Balaban J connectivity index is 0.000000606. The zero-order valence-electron chi connectivity index (χ0n) is 48.0. The minimum Gasteiger partial charge on any atom is -0.702 e. The number of rotatable bonds is 28. The molecule has 0 amide bonds. The molecule has 2 aromatic carbocycles. The standard InChI is InChI=1S/C23H32N5O5P.C17H19N5O2.C6H13O4P.C4H6BO4.C2H4O2.Na/c1-3-32-34(31,33-4-2)14-13-25-11-12-28-19-6-5-18(27-10-8-24)20-21(19)23(30)17-15-26-9-7-16(17)22(20)29;18-4-7-21-12-1-2-13(22-8-5-19)15-14(12)16(23)10-3-6-20-9-11(10)17(15)24;1-3-9-11(8,6-5-7)10-4-2;1-3(6)8-5-9-4(2)7;1-2(3)4;/h5-7,9,15,25,27-28H,3-4,8,10-14,24H2,1-2H3;1-3,6,9,21-22H,4-5,7-8,18-19H2;5H,3-4,6H2,1-2H3;1-2H3;1H3,(H,3,4);/q;;;-1;;+1. The molecule has 2 heterocycles. The van der Waals surface area contributed by atoms with Crippen molar-refractivity contribution in [3.63, 3.8) is 0 Å². The van der Waals surface area contributed by atoms with Crippen LogP contribution in [0.25, 0.3) is 0 Å². The predicted octanol–water partition coefficient (Wildman–Crippen LogP) is 1.29. The van der Waals surface area contributed by atoms with E-state index >= 15 is 0 Å². The van der Waals surface area contributed by atoms with Crippen molar-refractivity contribution in [1.29, 1.82) is 0 Å². The summed E-state index contributed by atoms with van der Waals surface area (Å²) in [6.07, 6.45) is 6.54. The van der Waals surface area contributed by atoms with Crippen molar-refractivity contribution in [2.75, 3.05) is 119 Å². The van der Waals surface area contributed by atoms with Crippen LogP contribution in [0, 0.1) is 0 Å². The molecule has 0 bridgehead atoms. The number of carbonyl (C=O) groups excluding carboxylic acids is 7. The van der Waals surface area contributed by atoms with E-state index in [1.165, 1.54) is 38.6 Å². The number of nitrogens with one attached hydrogen (secondary N) is 5. The Morgan fingerprint density at radius 1 is 0.542 bits per heavy atom. The number of anilines is 4. The minimum absolute atomic E-state index is 0. The van der Waals surface area contributed by atoms with Crippen LogP contribution < -0.4 is 73.3 Å². The molecule has 0 saturated heterocycles. The summed E-state index contributed by atoms with van der Waals surface area (Å²) in [4.78, 5) is 99.5. The number of carboxylic acid groups (broad SMARTS) is 1. The van der Waals surface area contributed by atoms with Crippen molar-refractivity contribution in [2.45, 2.75) is 48.5 Å². The Morgan fingerprint density at radius 2 is 0.867 bits per heavy atom. The van der Waals surface area contributed by atoms with Crippen molar-refractivity contribution in [3.8, 4) is 0 Å². The number of nitrogens with zero attached hydrogens (tertiary/aromatic N) is 2. The molecule has 0 fully saturated rings. The van der Waals surface area contributed by atoms with Gasteiger partial charge in [-0.05, 0) is 64.1 Å². The first kappa shape index (κ1) is 74.9. The van der Waals surface area contributed by atoms with Gasteiger partial charge in [0.1, 0.15) is 20.1 Å². The number of carbonyl (C=O) groups is 8.